The molecule has 0 spiro atoms. The summed E-state index contributed by atoms with van der Waals surface area (Å²) in [5.74, 6) is 0. The van der Waals surface area contributed by atoms with E-state index < -0.39 is 11.1 Å². The molecular formula is C16H23ClN2O2. The lowest BCUT2D eigenvalue weighted by molar-refractivity contribution is 0.0166. The van der Waals surface area contributed by atoms with Crippen LogP contribution in [-0.2, 0) is 10.3 Å². The molecule has 2 rings (SSSR count). The number of rotatable bonds is 1. The number of halogens is 1. The van der Waals surface area contributed by atoms with Gasteiger partial charge in [0, 0.05) is 23.7 Å². The van der Waals surface area contributed by atoms with Crippen LogP contribution in [0.5, 0.6) is 0 Å². The number of nitrogens with two attached hydrogens (primary N) is 1. The Morgan fingerprint density at radius 3 is 2.38 bits per heavy atom. The SMILES string of the molecule is CC(C)(C)OC(=O)N1CCC(N)(c2ccccc2Cl)CC1. The fourth-order valence-corrected chi connectivity index (χ4v) is 2.87. The maximum absolute atomic E-state index is 12.1. The molecule has 1 aliphatic rings. The van der Waals surface area contributed by atoms with Crippen LogP contribution in [0.3, 0.4) is 0 Å². The van der Waals surface area contributed by atoms with E-state index in [-0.39, 0.29) is 6.09 Å². The summed E-state index contributed by atoms with van der Waals surface area (Å²) in [6.07, 6.45) is 1.08. The molecule has 0 atom stereocenters. The van der Waals surface area contributed by atoms with E-state index in [1.165, 1.54) is 0 Å². The Hall–Kier alpha value is -1.26. The molecule has 0 radical (unpaired) electrons. The van der Waals surface area contributed by atoms with E-state index >= 15 is 0 Å². The number of nitrogens with zero attached hydrogens (tertiary/aromatic N) is 1. The molecular weight excluding hydrogens is 288 g/mol. The zero-order valence-electron chi connectivity index (χ0n) is 12.9. The minimum absolute atomic E-state index is 0.274. The average Bonchev–Trinajstić information content (AvgIpc) is 2.37. The molecule has 21 heavy (non-hydrogen) atoms. The molecule has 0 bridgehead atoms. The van der Waals surface area contributed by atoms with Gasteiger partial charge in [-0.25, -0.2) is 4.79 Å². The summed E-state index contributed by atoms with van der Waals surface area (Å²) in [6, 6.07) is 7.65. The largest absolute Gasteiger partial charge is 0.444 e. The van der Waals surface area contributed by atoms with E-state index in [0.29, 0.717) is 31.0 Å². The van der Waals surface area contributed by atoms with Gasteiger partial charge in [-0.15, -0.1) is 0 Å². The van der Waals surface area contributed by atoms with Gasteiger partial charge >= 0.3 is 6.09 Å². The number of likely N-dealkylation sites (tertiary alicyclic amines) is 1. The average molecular weight is 311 g/mol. The lowest BCUT2D eigenvalue weighted by Gasteiger charge is -2.40. The van der Waals surface area contributed by atoms with Crippen molar-refractivity contribution in [1.29, 1.82) is 0 Å². The molecule has 5 heteroatoms. The predicted octanol–water partition coefficient (Wildman–Crippen LogP) is 3.52. The van der Waals surface area contributed by atoms with Crippen LogP contribution < -0.4 is 5.73 Å². The van der Waals surface area contributed by atoms with Gasteiger partial charge in [0.05, 0.1) is 0 Å². The van der Waals surface area contributed by atoms with Gasteiger partial charge in [0.1, 0.15) is 5.60 Å². The van der Waals surface area contributed by atoms with Crippen LogP contribution >= 0.6 is 11.6 Å². The van der Waals surface area contributed by atoms with Crippen molar-refractivity contribution in [2.75, 3.05) is 13.1 Å². The second-order valence-electron chi connectivity index (χ2n) is 6.60. The Labute approximate surface area is 131 Å². The number of carbonyl (C=O) groups excluding carboxylic acids is 1. The van der Waals surface area contributed by atoms with Gasteiger partial charge in [0.25, 0.3) is 0 Å². The van der Waals surface area contributed by atoms with Gasteiger partial charge in [0.2, 0.25) is 0 Å². The van der Waals surface area contributed by atoms with Crippen molar-refractivity contribution in [3.63, 3.8) is 0 Å². The van der Waals surface area contributed by atoms with Gasteiger partial charge in [-0.2, -0.15) is 0 Å². The summed E-state index contributed by atoms with van der Waals surface area (Å²) in [6.45, 7) is 6.76. The normalized spacial score (nSPS) is 18.4. The third-order valence-corrected chi connectivity index (χ3v) is 4.05. The number of hydrogen-bond donors (Lipinski definition) is 1. The number of ether oxygens (including phenoxy) is 1. The number of piperidine rings is 1. The Morgan fingerprint density at radius 2 is 1.86 bits per heavy atom. The van der Waals surface area contributed by atoms with E-state index in [9.17, 15) is 4.79 Å². The highest BCUT2D eigenvalue weighted by Crippen LogP contribution is 2.34. The first-order valence-corrected chi connectivity index (χ1v) is 7.61. The van der Waals surface area contributed by atoms with Crippen LogP contribution in [-0.4, -0.2) is 29.7 Å². The highest BCUT2D eigenvalue weighted by Gasteiger charge is 2.36. The molecule has 1 aromatic rings. The lowest BCUT2D eigenvalue weighted by Crippen LogP contribution is -2.50. The first-order chi connectivity index (χ1) is 9.71. The quantitative estimate of drug-likeness (QED) is 0.863. The first kappa shape index (κ1) is 16.1. The second kappa shape index (κ2) is 5.85. The zero-order chi connectivity index (χ0) is 15.7. The molecule has 0 aromatic heterocycles. The Kier molecular flexibility index (Phi) is 4.49. The first-order valence-electron chi connectivity index (χ1n) is 7.23. The van der Waals surface area contributed by atoms with Crippen LogP contribution in [0.1, 0.15) is 39.2 Å². The van der Waals surface area contributed by atoms with Crippen molar-refractivity contribution in [2.24, 2.45) is 5.73 Å². The fourth-order valence-electron chi connectivity index (χ4n) is 2.55. The fraction of sp³-hybridized carbons (Fsp3) is 0.562. The predicted molar refractivity (Wildman–Crippen MR) is 84.4 cm³/mol. The topological polar surface area (TPSA) is 55.6 Å². The molecule has 0 unspecified atom stereocenters. The van der Waals surface area contributed by atoms with E-state index in [0.717, 1.165) is 5.56 Å². The third kappa shape index (κ3) is 3.89. The summed E-state index contributed by atoms with van der Waals surface area (Å²) in [5, 5.41) is 0.686. The van der Waals surface area contributed by atoms with Crippen molar-refractivity contribution < 1.29 is 9.53 Å². The number of benzene rings is 1. The van der Waals surface area contributed by atoms with Crippen molar-refractivity contribution in [2.45, 2.75) is 44.8 Å². The van der Waals surface area contributed by atoms with E-state index in [4.69, 9.17) is 22.1 Å². The van der Waals surface area contributed by atoms with Gasteiger partial charge in [-0.05, 0) is 45.2 Å². The molecule has 1 aromatic carbocycles. The van der Waals surface area contributed by atoms with Crippen LogP contribution in [0, 0.1) is 0 Å². The summed E-state index contributed by atoms with van der Waals surface area (Å²) >= 11 is 6.25. The number of hydrogen-bond acceptors (Lipinski definition) is 3. The summed E-state index contributed by atoms with van der Waals surface area (Å²) in [5.41, 5.74) is 6.51. The van der Waals surface area contributed by atoms with Crippen molar-refractivity contribution in [1.82, 2.24) is 4.90 Å². The molecule has 1 saturated heterocycles. The minimum atomic E-state index is -0.475. The molecule has 1 aliphatic heterocycles. The molecule has 116 valence electrons. The lowest BCUT2D eigenvalue weighted by atomic mass is 9.82. The van der Waals surface area contributed by atoms with E-state index in [1.807, 2.05) is 45.0 Å². The van der Waals surface area contributed by atoms with Crippen LogP contribution in [0.2, 0.25) is 5.02 Å². The Balaban J connectivity index is 2.03. The molecule has 1 heterocycles. The van der Waals surface area contributed by atoms with Crippen molar-refractivity contribution in [3.8, 4) is 0 Å². The summed E-state index contributed by atoms with van der Waals surface area (Å²) in [7, 11) is 0. The molecule has 2 N–H and O–H groups in total. The highest BCUT2D eigenvalue weighted by atomic mass is 35.5. The Bertz CT molecular complexity index is 517. The van der Waals surface area contributed by atoms with Crippen molar-refractivity contribution in [3.05, 3.63) is 34.9 Å². The monoisotopic (exact) mass is 310 g/mol. The second-order valence-corrected chi connectivity index (χ2v) is 7.01. The molecule has 1 fully saturated rings. The molecule has 0 saturated carbocycles. The van der Waals surface area contributed by atoms with Gasteiger partial charge in [-0.1, -0.05) is 29.8 Å². The third-order valence-electron chi connectivity index (χ3n) is 3.72. The number of amides is 1. The van der Waals surface area contributed by atoms with Crippen LogP contribution in [0.25, 0.3) is 0 Å². The highest BCUT2D eigenvalue weighted by molar-refractivity contribution is 6.31. The Morgan fingerprint density at radius 1 is 1.29 bits per heavy atom. The zero-order valence-corrected chi connectivity index (χ0v) is 13.6. The smallest absolute Gasteiger partial charge is 0.410 e. The maximum Gasteiger partial charge on any atom is 0.410 e. The summed E-state index contributed by atoms with van der Waals surface area (Å²) in [4.78, 5) is 13.8. The summed E-state index contributed by atoms with van der Waals surface area (Å²) < 4.78 is 5.39. The minimum Gasteiger partial charge on any atom is -0.444 e. The molecule has 4 nitrogen and oxygen atoms in total. The standard InChI is InChI=1S/C16H23ClN2O2/c1-15(2,3)21-14(20)19-10-8-16(18,9-11-19)12-6-4-5-7-13(12)17/h4-7H,8-11,18H2,1-3H3. The van der Waals surface area contributed by atoms with Gasteiger partial charge < -0.3 is 15.4 Å². The number of carbonyl (C=O) groups is 1. The molecule has 0 aliphatic carbocycles. The van der Waals surface area contributed by atoms with Crippen LogP contribution in [0.4, 0.5) is 4.79 Å². The van der Waals surface area contributed by atoms with Gasteiger partial charge in [0.15, 0.2) is 0 Å². The van der Waals surface area contributed by atoms with Crippen molar-refractivity contribution >= 4 is 17.7 Å². The van der Waals surface area contributed by atoms with E-state index in [2.05, 4.69) is 0 Å². The van der Waals surface area contributed by atoms with Crippen LogP contribution in [0.15, 0.2) is 24.3 Å². The maximum atomic E-state index is 12.1. The molecule has 1 amide bonds. The van der Waals surface area contributed by atoms with Gasteiger partial charge in [-0.3, -0.25) is 0 Å². The van der Waals surface area contributed by atoms with E-state index in [1.54, 1.807) is 4.90 Å².